The smallest absolute Gasteiger partial charge is 0.339 e. The molecule has 1 aromatic heterocycles. The van der Waals surface area contributed by atoms with Crippen molar-refractivity contribution in [1.29, 1.82) is 0 Å². The van der Waals surface area contributed by atoms with Crippen LogP contribution < -0.4 is 5.32 Å². The molecule has 0 saturated heterocycles. The van der Waals surface area contributed by atoms with Gasteiger partial charge in [0, 0.05) is 12.2 Å². The third kappa shape index (κ3) is 3.36. The molecule has 106 valence electrons. The Kier molecular flexibility index (Phi) is 5.15. The summed E-state index contributed by atoms with van der Waals surface area (Å²) in [6.45, 7) is 8.34. The van der Waals surface area contributed by atoms with Crippen LogP contribution in [0.1, 0.15) is 52.9 Å². The molecule has 19 heavy (non-hydrogen) atoms. The van der Waals surface area contributed by atoms with E-state index in [2.05, 4.69) is 10.3 Å². The highest BCUT2D eigenvalue weighted by Crippen LogP contribution is 2.20. The molecule has 1 heterocycles. The number of ether oxygens (including phenoxy) is 1. The number of amides is 1. The summed E-state index contributed by atoms with van der Waals surface area (Å²) >= 11 is 0. The number of aromatic nitrogens is 1. The van der Waals surface area contributed by atoms with Crippen molar-refractivity contribution in [2.24, 2.45) is 5.92 Å². The monoisotopic (exact) mass is 266 g/mol. The van der Waals surface area contributed by atoms with Gasteiger partial charge in [-0.1, -0.05) is 20.8 Å². The molecule has 0 atom stereocenters. The van der Waals surface area contributed by atoms with E-state index in [1.165, 1.54) is 7.11 Å². The average Bonchev–Trinajstić information content (AvgIpc) is 2.72. The minimum absolute atomic E-state index is 0.184. The molecule has 0 aliphatic heterocycles. The van der Waals surface area contributed by atoms with Gasteiger partial charge in [0.2, 0.25) is 0 Å². The molecule has 0 aromatic carbocycles. The maximum absolute atomic E-state index is 12.1. The summed E-state index contributed by atoms with van der Waals surface area (Å²) in [6.07, 6.45) is 0.642. The van der Waals surface area contributed by atoms with Crippen molar-refractivity contribution < 1.29 is 14.3 Å². The van der Waals surface area contributed by atoms with E-state index in [4.69, 9.17) is 4.74 Å². The first kappa shape index (κ1) is 15.3. The summed E-state index contributed by atoms with van der Waals surface area (Å²) in [5.74, 6) is -0.213. The van der Waals surface area contributed by atoms with Crippen LogP contribution in [0.5, 0.6) is 0 Å². The van der Waals surface area contributed by atoms with Crippen LogP contribution in [0.3, 0.4) is 0 Å². The van der Waals surface area contributed by atoms with Crippen molar-refractivity contribution in [3.63, 3.8) is 0 Å². The summed E-state index contributed by atoms with van der Waals surface area (Å²) in [5.41, 5.74) is 2.29. The highest BCUT2D eigenvalue weighted by atomic mass is 16.5. The molecular formula is C14H22N2O3. The van der Waals surface area contributed by atoms with Gasteiger partial charge >= 0.3 is 5.97 Å². The predicted octanol–water partition coefficient (Wildman–Crippen LogP) is 2.06. The molecule has 0 fully saturated rings. The highest BCUT2D eigenvalue weighted by molar-refractivity contribution is 6.00. The maximum Gasteiger partial charge on any atom is 0.339 e. The van der Waals surface area contributed by atoms with Gasteiger partial charge in [0.1, 0.15) is 5.69 Å². The maximum atomic E-state index is 12.1. The summed E-state index contributed by atoms with van der Waals surface area (Å²) in [5, 5.41) is 2.84. The zero-order chi connectivity index (χ0) is 14.6. The van der Waals surface area contributed by atoms with Gasteiger partial charge in [-0.25, -0.2) is 4.79 Å². The zero-order valence-corrected chi connectivity index (χ0v) is 12.2. The second-order valence-electron chi connectivity index (χ2n) is 4.93. The van der Waals surface area contributed by atoms with Crippen LogP contribution in [-0.2, 0) is 11.2 Å². The van der Waals surface area contributed by atoms with E-state index in [1.807, 2.05) is 20.8 Å². The molecule has 0 aliphatic carbocycles. The largest absolute Gasteiger partial charge is 0.465 e. The fraction of sp³-hybridized carbons (Fsp3) is 0.571. The first-order valence-corrected chi connectivity index (χ1v) is 6.50. The van der Waals surface area contributed by atoms with Crippen LogP contribution in [0, 0.1) is 12.8 Å². The van der Waals surface area contributed by atoms with Crippen molar-refractivity contribution in [3.8, 4) is 0 Å². The number of hydrogen-bond acceptors (Lipinski definition) is 3. The van der Waals surface area contributed by atoms with E-state index >= 15 is 0 Å². The van der Waals surface area contributed by atoms with Gasteiger partial charge in [-0.2, -0.15) is 0 Å². The van der Waals surface area contributed by atoms with E-state index in [0.717, 1.165) is 5.69 Å². The molecule has 0 radical (unpaired) electrons. The van der Waals surface area contributed by atoms with Crippen LogP contribution in [0.4, 0.5) is 0 Å². The van der Waals surface area contributed by atoms with E-state index < -0.39 is 5.97 Å². The minimum atomic E-state index is -0.409. The molecule has 0 unspecified atom stereocenters. The fourth-order valence-electron chi connectivity index (χ4n) is 1.91. The second-order valence-corrected chi connectivity index (χ2v) is 4.93. The lowest BCUT2D eigenvalue weighted by Crippen LogP contribution is -2.28. The number of aromatic amines is 1. The number of methoxy groups -OCH3 is 1. The van der Waals surface area contributed by atoms with E-state index in [0.29, 0.717) is 35.7 Å². The van der Waals surface area contributed by atoms with Crippen LogP contribution in [0.25, 0.3) is 0 Å². The topological polar surface area (TPSA) is 71.2 Å². The molecule has 2 N–H and O–H groups in total. The van der Waals surface area contributed by atoms with Crippen LogP contribution in [0.2, 0.25) is 0 Å². The van der Waals surface area contributed by atoms with Crippen molar-refractivity contribution >= 4 is 11.9 Å². The minimum Gasteiger partial charge on any atom is -0.465 e. The normalized spacial score (nSPS) is 10.6. The number of carbonyl (C=O) groups is 2. The molecule has 0 saturated carbocycles. The standard InChI is InChI=1S/C14H22N2O3/c1-6-10-11(14(18)19-5)9(4)12(16-10)13(17)15-7-8(2)3/h8,16H,6-7H2,1-5H3,(H,15,17). The average molecular weight is 266 g/mol. The number of rotatable bonds is 5. The van der Waals surface area contributed by atoms with Crippen LogP contribution in [-0.4, -0.2) is 30.5 Å². The lowest BCUT2D eigenvalue weighted by Gasteiger charge is -2.07. The predicted molar refractivity (Wildman–Crippen MR) is 73.4 cm³/mol. The van der Waals surface area contributed by atoms with Crippen molar-refractivity contribution in [1.82, 2.24) is 10.3 Å². The van der Waals surface area contributed by atoms with Crippen molar-refractivity contribution in [2.75, 3.05) is 13.7 Å². The zero-order valence-electron chi connectivity index (χ0n) is 12.2. The number of esters is 1. The molecular weight excluding hydrogens is 244 g/mol. The number of aryl methyl sites for hydroxylation is 1. The van der Waals surface area contributed by atoms with Crippen molar-refractivity contribution in [3.05, 3.63) is 22.5 Å². The number of nitrogens with one attached hydrogen (secondary N) is 2. The highest BCUT2D eigenvalue weighted by Gasteiger charge is 2.23. The first-order chi connectivity index (χ1) is 8.92. The van der Waals surface area contributed by atoms with Crippen LogP contribution in [0.15, 0.2) is 0 Å². The third-order valence-electron chi connectivity index (χ3n) is 2.97. The Morgan fingerprint density at radius 2 is 2.00 bits per heavy atom. The van der Waals surface area contributed by atoms with Crippen molar-refractivity contribution in [2.45, 2.75) is 34.1 Å². The lowest BCUT2D eigenvalue weighted by molar-refractivity contribution is 0.0599. The number of carbonyl (C=O) groups excluding carboxylic acids is 2. The third-order valence-corrected chi connectivity index (χ3v) is 2.97. The number of H-pyrrole nitrogens is 1. The molecule has 1 rings (SSSR count). The summed E-state index contributed by atoms with van der Waals surface area (Å²) < 4.78 is 4.76. The summed E-state index contributed by atoms with van der Waals surface area (Å²) in [6, 6.07) is 0. The Balaban J connectivity index is 3.06. The molecule has 1 amide bonds. The lowest BCUT2D eigenvalue weighted by atomic mass is 10.1. The Morgan fingerprint density at radius 1 is 1.37 bits per heavy atom. The van der Waals surface area contributed by atoms with Gasteiger partial charge < -0.3 is 15.0 Å². The van der Waals surface area contributed by atoms with Crippen LogP contribution >= 0.6 is 0 Å². The Bertz CT molecular complexity index is 475. The van der Waals surface area contributed by atoms with Gasteiger partial charge in [-0.3, -0.25) is 4.79 Å². The van der Waals surface area contributed by atoms with E-state index in [1.54, 1.807) is 6.92 Å². The molecule has 0 bridgehead atoms. The van der Waals surface area contributed by atoms with E-state index in [-0.39, 0.29) is 5.91 Å². The summed E-state index contributed by atoms with van der Waals surface area (Å²) in [7, 11) is 1.34. The van der Waals surface area contributed by atoms with Gasteiger partial charge in [0.15, 0.2) is 0 Å². The molecule has 5 heteroatoms. The molecule has 0 aliphatic rings. The summed E-state index contributed by atoms with van der Waals surface area (Å²) in [4.78, 5) is 26.8. The number of hydrogen-bond donors (Lipinski definition) is 2. The fourth-order valence-corrected chi connectivity index (χ4v) is 1.91. The second kappa shape index (κ2) is 6.41. The Morgan fingerprint density at radius 3 is 2.47 bits per heavy atom. The molecule has 5 nitrogen and oxygen atoms in total. The quantitative estimate of drug-likeness (QED) is 0.801. The Labute approximate surface area is 113 Å². The SMILES string of the molecule is CCc1[nH]c(C(=O)NCC(C)C)c(C)c1C(=O)OC. The van der Waals surface area contributed by atoms with Gasteiger partial charge in [-0.15, -0.1) is 0 Å². The first-order valence-electron chi connectivity index (χ1n) is 6.50. The van der Waals surface area contributed by atoms with Gasteiger partial charge in [-0.05, 0) is 24.8 Å². The molecule has 1 aromatic rings. The molecule has 0 spiro atoms. The van der Waals surface area contributed by atoms with E-state index in [9.17, 15) is 9.59 Å². The van der Waals surface area contributed by atoms with Gasteiger partial charge in [0.05, 0.1) is 12.7 Å². The van der Waals surface area contributed by atoms with Gasteiger partial charge in [0.25, 0.3) is 5.91 Å². The Hall–Kier alpha value is -1.78.